The van der Waals surface area contributed by atoms with Gasteiger partial charge in [0.05, 0.1) is 12.4 Å². The van der Waals surface area contributed by atoms with Gasteiger partial charge in [0.15, 0.2) is 0 Å². The van der Waals surface area contributed by atoms with Gasteiger partial charge in [0.2, 0.25) is 0 Å². The van der Waals surface area contributed by atoms with E-state index in [4.69, 9.17) is 23.2 Å². The molecule has 1 amide bonds. The number of nitrogens with zero attached hydrogens (tertiary/aromatic N) is 3. The molecule has 0 atom stereocenters. The maximum absolute atomic E-state index is 12.1. The Balaban J connectivity index is 1.62. The smallest absolute Gasteiger partial charge is 0.271 e. The summed E-state index contributed by atoms with van der Waals surface area (Å²) in [7, 11) is 0. The number of carbonyl (C=O) groups is 1. The SMILES string of the molecule is O=C(NCc1cccnc1)c1cnc(Nc2cc(Cl)cc(Cl)c2)cn1. The summed E-state index contributed by atoms with van der Waals surface area (Å²) in [6, 6.07) is 8.74. The number of pyridine rings is 1. The number of hydrogen-bond donors (Lipinski definition) is 2. The van der Waals surface area contributed by atoms with Gasteiger partial charge in [0, 0.05) is 34.7 Å². The standard InChI is InChI=1S/C17H13Cl2N5O/c18-12-4-13(19)6-14(5-12)24-16-10-21-15(9-22-16)17(25)23-8-11-2-1-3-20-7-11/h1-7,9-10H,8H2,(H,22,24)(H,23,25). The maximum atomic E-state index is 12.1. The Morgan fingerprint density at radius 2 is 1.84 bits per heavy atom. The molecule has 0 saturated heterocycles. The van der Waals surface area contributed by atoms with Crippen LogP contribution in [0, 0.1) is 0 Å². The van der Waals surface area contributed by atoms with E-state index >= 15 is 0 Å². The molecular weight excluding hydrogens is 361 g/mol. The van der Waals surface area contributed by atoms with E-state index in [0.29, 0.717) is 28.1 Å². The zero-order valence-corrected chi connectivity index (χ0v) is 14.4. The molecule has 2 aromatic heterocycles. The molecule has 0 aliphatic rings. The fraction of sp³-hybridized carbons (Fsp3) is 0.0588. The molecule has 6 nitrogen and oxygen atoms in total. The third kappa shape index (κ3) is 4.89. The molecule has 3 aromatic rings. The lowest BCUT2D eigenvalue weighted by Crippen LogP contribution is -2.24. The molecule has 126 valence electrons. The molecule has 2 N–H and O–H groups in total. The number of benzene rings is 1. The van der Waals surface area contributed by atoms with Gasteiger partial charge < -0.3 is 10.6 Å². The van der Waals surface area contributed by atoms with Gasteiger partial charge in [0.25, 0.3) is 5.91 Å². The Kier molecular flexibility index (Phi) is 5.42. The van der Waals surface area contributed by atoms with Gasteiger partial charge in [-0.2, -0.15) is 0 Å². The van der Waals surface area contributed by atoms with E-state index in [-0.39, 0.29) is 11.6 Å². The molecule has 0 fully saturated rings. The predicted octanol–water partition coefficient (Wildman–Crippen LogP) is 3.85. The van der Waals surface area contributed by atoms with Crippen molar-refractivity contribution in [3.05, 3.63) is 76.4 Å². The summed E-state index contributed by atoms with van der Waals surface area (Å²) < 4.78 is 0. The van der Waals surface area contributed by atoms with Crippen LogP contribution in [-0.4, -0.2) is 20.9 Å². The molecule has 8 heteroatoms. The average Bonchev–Trinajstić information content (AvgIpc) is 2.60. The Morgan fingerprint density at radius 3 is 2.48 bits per heavy atom. The normalized spacial score (nSPS) is 10.3. The van der Waals surface area contributed by atoms with Crippen molar-refractivity contribution in [3.63, 3.8) is 0 Å². The van der Waals surface area contributed by atoms with Crippen molar-refractivity contribution in [1.29, 1.82) is 0 Å². The Labute approximate surface area is 154 Å². The molecular formula is C17H13Cl2N5O. The van der Waals surface area contributed by atoms with Gasteiger partial charge in [-0.3, -0.25) is 9.78 Å². The number of amides is 1. The molecule has 0 saturated carbocycles. The first-order valence-corrected chi connectivity index (χ1v) is 8.08. The quantitative estimate of drug-likeness (QED) is 0.709. The van der Waals surface area contributed by atoms with Crippen molar-refractivity contribution in [2.24, 2.45) is 0 Å². The topological polar surface area (TPSA) is 79.8 Å². The van der Waals surface area contributed by atoms with Crippen LogP contribution in [0.15, 0.2) is 55.1 Å². The summed E-state index contributed by atoms with van der Waals surface area (Å²) in [6.07, 6.45) is 6.23. The largest absolute Gasteiger partial charge is 0.347 e. The first kappa shape index (κ1) is 17.1. The number of anilines is 2. The molecule has 3 rings (SSSR count). The van der Waals surface area contributed by atoms with Crippen LogP contribution in [0.5, 0.6) is 0 Å². The van der Waals surface area contributed by atoms with E-state index in [2.05, 4.69) is 25.6 Å². The lowest BCUT2D eigenvalue weighted by atomic mass is 10.3. The second-order valence-electron chi connectivity index (χ2n) is 5.11. The molecule has 1 aromatic carbocycles. The van der Waals surface area contributed by atoms with Crippen molar-refractivity contribution in [2.75, 3.05) is 5.32 Å². The van der Waals surface area contributed by atoms with Gasteiger partial charge in [-0.1, -0.05) is 29.3 Å². The van der Waals surface area contributed by atoms with E-state index in [1.807, 2.05) is 12.1 Å². The second-order valence-corrected chi connectivity index (χ2v) is 5.99. The molecule has 0 radical (unpaired) electrons. The molecule has 0 aliphatic heterocycles. The molecule has 25 heavy (non-hydrogen) atoms. The van der Waals surface area contributed by atoms with Gasteiger partial charge in [-0.25, -0.2) is 9.97 Å². The number of carbonyl (C=O) groups excluding carboxylic acids is 1. The highest BCUT2D eigenvalue weighted by atomic mass is 35.5. The van der Waals surface area contributed by atoms with Gasteiger partial charge in [-0.05, 0) is 29.8 Å². The van der Waals surface area contributed by atoms with Crippen molar-refractivity contribution < 1.29 is 4.79 Å². The van der Waals surface area contributed by atoms with Crippen LogP contribution < -0.4 is 10.6 Å². The van der Waals surface area contributed by atoms with E-state index < -0.39 is 0 Å². The minimum atomic E-state index is -0.311. The number of halogens is 2. The van der Waals surface area contributed by atoms with Crippen LogP contribution in [0.4, 0.5) is 11.5 Å². The highest BCUT2D eigenvalue weighted by molar-refractivity contribution is 6.35. The summed E-state index contributed by atoms with van der Waals surface area (Å²) in [4.78, 5) is 24.4. The lowest BCUT2D eigenvalue weighted by molar-refractivity contribution is 0.0945. The van der Waals surface area contributed by atoms with Crippen molar-refractivity contribution in [2.45, 2.75) is 6.54 Å². The van der Waals surface area contributed by atoms with Crippen molar-refractivity contribution in [3.8, 4) is 0 Å². The summed E-state index contributed by atoms with van der Waals surface area (Å²) in [5.41, 5.74) is 1.80. The van der Waals surface area contributed by atoms with Gasteiger partial charge in [-0.15, -0.1) is 0 Å². The number of hydrogen-bond acceptors (Lipinski definition) is 5. The monoisotopic (exact) mass is 373 g/mol. The molecule has 0 unspecified atom stereocenters. The van der Waals surface area contributed by atoms with Gasteiger partial charge >= 0.3 is 0 Å². The molecule has 0 aliphatic carbocycles. The maximum Gasteiger partial charge on any atom is 0.271 e. The molecule has 0 spiro atoms. The zero-order chi connectivity index (χ0) is 17.6. The van der Waals surface area contributed by atoms with Crippen LogP contribution in [-0.2, 0) is 6.54 Å². The van der Waals surface area contributed by atoms with E-state index in [9.17, 15) is 4.79 Å². The fourth-order valence-corrected chi connectivity index (χ4v) is 2.59. The lowest BCUT2D eigenvalue weighted by Gasteiger charge is -2.08. The zero-order valence-electron chi connectivity index (χ0n) is 12.9. The predicted molar refractivity (Wildman–Crippen MR) is 97.2 cm³/mol. The van der Waals surface area contributed by atoms with Crippen LogP contribution in [0.1, 0.15) is 16.1 Å². The van der Waals surface area contributed by atoms with Crippen LogP contribution in [0.3, 0.4) is 0 Å². The summed E-state index contributed by atoms with van der Waals surface area (Å²) in [5.74, 6) is 0.163. The van der Waals surface area contributed by atoms with Crippen LogP contribution in [0.2, 0.25) is 10.0 Å². The third-order valence-corrected chi connectivity index (χ3v) is 3.63. The van der Waals surface area contributed by atoms with Crippen LogP contribution in [0.25, 0.3) is 0 Å². The number of aromatic nitrogens is 3. The Hall–Kier alpha value is -2.70. The number of rotatable bonds is 5. The van der Waals surface area contributed by atoms with E-state index in [0.717, 1.165) is 5.56 Å². The van der Waals surface area contributed by atoms with Crippen molar-refractivity contribution >= 4 is 40.6 Å². The highest BCUT2D eigenvalue weighted by Crippen LogP contribution is 2.24. The van der Waals surface area contributed by atoms with Crippen molar-refractivity contribution in [1.82, 2.24) is 20.3 Å². The summed E-state index contributed by atoms with van der Waals surface area (Å²) in [6.45, 7) is 0.370. The first-order valence-electron chi connectivity index (χ1n) is 7.32. The Bertz CT molecular complexity index is 852. The van der Waals surface area contributed by atoms with Crippen LogP contribution >= 0.6 is 23.2 Å². The summed E-state index contributed by atoms with van der Waals surface area (Å²) in [5, 5.41) is 6.81. The second kappa shape index (κ2) is 7.92. The number of nitrogens with one attached hydrogen (secondary N) is 2. The minimum absolute atomic E-state index is 0.221. The average molecular weight is 374 g/mol. The summed E-state index contributed by atoms with van der Waals surface area (Å²) >= 11 is 11.9. The molecule has 2 heterocycles. The first-order chi connectivity index (χ1) is 12.1. The fourth-order valence-electron chi connectivity index (χ4n) is 2.06. The molecule has 0 bridgehead atoms. The van der Waals surface area contributed by atoms with E-state index in [1.165, 1.54) is 12.4 Å². The minimum Gasteiger partial charge on any atom is -0.347 e. The third-order valence-electron chi connectivity index (χ3n) is 3.20. The Morgan fingerprint density at radius 1 is 1.04 bits per heavy atom. The van der Waals surface area contributed by atoms with E-state index in [1.54, 1.807) is 30.6 Å². The highest BCUT2D eigenvalue weighted by Gasteiger charge is 2.08. The van der Waals surface area contributed by atoms with Gasteiger partial charge in [0.1, 0.15) is 11.5 Å².